The number of hydrogen-bond acceptors (Lipinski definition) is 2. The Balaban J connectivity index is 2.62. The highest BCUT2D eigenvalue weighted by Crippen LogP contribution is 2.18. The van der Waals surface area contributed by atoms with Gasteiger partial charge in [-0.3, -0.25) is 0 Å². The van der Waals surface area contributed by atoms with Crippen LogP contribution in [0.3, 0.4) is 0 Å². The van der Waals surface area contributed by atoms with Crippen LogP contribution in [0.4, 0.5) is 4.39 Å². The molecular weight excluding hydrogens is 251 g/mol. The zero-order chi connectivity index (χ0) is 10.6. The van der Waals surface area contributed by atoms with Gasteiger partial charge in [-0.1, -0.05) is 22.0 Å². The first-order valence-corrected chi connectivity index (χ1v) is 5.38. The van der Waals surface area contributed by atoms with Crippen molar-refractivity contribution in [3.63, 3.8) is 0 Å². The third kappa shape index (κ3) is 3.27. The fraction of sp³-hybridized carbons (Fsp3) is 0.400. The molecule has 0 saturated heterocycles. The van der Waals surface area contributed by atoms with Gasteiger partial charge in [0.2, 0.25) is 0 Å². The highest BCUT2D eigenvalue weighted by Gasteiger charge is 2.06. The summed E-state index contributed by atoms with van der Waals surface area (Å²) in [5.41, 5.74) is 0.926. The summed E-state index contributed by atoms with van der Waals surface area (Å²) in [4.78, 5) is 0. The minimum Gasteiger partial charge on any atom is -0.488 e. The number of ether oxygens (including phenoxy) is 1. The molecule has 1 N–H and O–H groups in total. The van der Waals surface area contributed by atoms with Crippen molar-refractivity contribution < 1.29 is 14.2 Å². The van der Waals surface area contributed by atoms with E-state index in [0.29, 0.717) is 5.33 Å². The molecule has 4 heteroatoms. The van der Waals surface area contributed by atoms with E-state index >= 15 is 0 Å². The lowest BCUT2D eigenvalue weighted by molar-refractivity contribution is 0.124. The Bertz CT molecular complexity index is 304. The summed E-state index contributed by atoms with van der Waals surface area (Å²) < 4.78 is 18.2. The maximum absolute atomic E-state index is 13.1. The molecule has 0 aliphatic heterocycles. The van der Waals surface area contributed by atoms with E-state index in [4.69, 9.17) is 4.74 Å². The number of hydrogen-bond donors (Lipinski definition) is 1. The number of halogens is 2. The zero-order valence-corrected chi connectivity index (χ0v) is 9.42. The van der Waals surface area contributed by atoms with E-state index in [9.17, 15) is 9.50 Å². The molecule has 0 radical (unpaired) electrons. The molecule has 0 saturated carbocycles. The second-order valence-electron chi connectivity index (χ2n) is 3.05. The van der Waals surface area contributed by atoms with Crippen molar-refractivity contribution in [3.05, 3.63) is 29.6 Å². The van der Waals surface area contributed by atoms with Crippen molar-refractivity contribution in [1.29, 1.82) is 0 Å². The van der Waals surface area contributed by atoms with E-state index in [1.54, 1.807) is 12.1 Å². The van der Waals surface area contributed by atoms with Gasteiger partial charge in [-0.25, -0.2) is 4.39 Å². The third-order valence-electron chi connectivity index (χ3n) is 1.70. The van der Waals surface area contributed by atoms with Gasteiger partial charge in [0.25, 0.3) is 0 Å². The molecule has 1 rings (SSSR count). The van der Waals surface area contributed by atoms with Gasteiger partial charge < -0.3 is 9.84 Å². The number of benzene rings is 1. The fourth-order valence-corrected chi connectivity index (χ4v) is 1.14. The molecule has 1 aromatic carbocycles. The van der Waals surface area contributed by atoms with Gasteiger partial charge in [-0.2, -0.15) is 0 Å². The predicted octanol–water partition coefficient (Wildman–Crippen LogP) is 2.27. The molecule has 1 aromatic rings. The van der Waals surface area contributed by atoms with Crippen LogP contribution >= 0.6 is 15.9 Å². The van der Waals surface area contributed by atoms with Crippen molar-refractivity contribution in [1.82, 2.24) is 0 Å². The van der Waals surface area contributed by atoms with Crippen LogP contribution in [0, 0.1) is 12.7 Å². The minimum atomic E-state index is -0.616. The van der Waals surface area contributed by atoms with E-state index < -0.39 is 11.9 Å². The van der Waals surface area contributed by atoms with Crippen LogP contribution in [0.2, 0.25) is 0 Å². The van der Waals surface area contributed by atoms with Crippen LogP contribution in [-0.4, -0.2) is 23.1 Å². The molecular formula is C10H12BrFO2. The summed E-state index contributed by atoms with van der Waals surface area (Å²) in [6.07, 6.45) is -0.616. The summed E-state index contributed by atoms with van der Waals surface area (Å²) >= 11 is 3.10. The van der Waals surface area contributed by atoms with E-state index in [-0.39, 0.29) is 12.4 Å². The predicted molar refractivity (Wildman–Crippen MR) is 56.4 cm³/mol. The monoisotopic (exact) mass is 262 g/mol. The Morgan fingerprint density at radius 3 is 2.93 bits per heavy atom. The van der Waals surface area contributed by atoms with Crippen LogP contribution in [0.15, 0.2) is 18.2 Å². The molecule has 0 fully saturated rings. The molecule has 78 valence electrons. The smallest absolute Gasteiger partial charge is 0.165 e. The summed E-state index contributed by atoms with van der Waals surface area (Å²) in [5.74, 6) is -0.220. The first-order chi connectivity index (χ1) is 6.63. The van der Waals surface area contributed by atoms with Gasteiger partial charge in [0.1, 0.15) is 6.61 Å². The quantitative estimate of drug-likeness (QED) is 0.844. The van der Waals surface area contributed by atoms with Crippen molar-refractivity contribution in [3.8, 4) is 5.75 Å². The average Bonchev–Trinajstić information content (AvgIpc) is 2.19. The van der Waals surface area contributed by atoms with Crippen LogP contribution in [0.25, 0.3) is 0 Å². The summed E-state index contributed by atoms with van der Waals surface area (Å²) in [7, 11) is 0. The van der Waals surface area contributed by atoms with Crippen molar-refractivity contribution in [2.45, 2.75) is 13.0 Å². The summed E-state index contributed by atoms with van der Waals surface area (Å²) in [5, 5.41) is 9.60. The number of rotatable bonds is 4. The molecule has 0 aromatic heterocycles. The molecule has 1 unspecified atom stereocenters. The number of aliphatic hydroxyl groups is 1. The first-order valence-electron chi connectivity index (χ1n) is 4.26. The van der Waals surface area contributed by atoms with Crippen LogP contribution in [0.1, 0.15) is 5.56 Å². The first kappa shape index (κ1) is 11.5. The van der Waals surface area contributed by atoms with Gasteiger partial charge >= 0.3 is 0 Å². The molecule has 1 atom stereocenters. The lowest BCUT2D eigenvalue weighted by Crippen LogP contribution is -2.19. The molecule has 0 aliphatic carbocycles. The number of aryl methyl sites for hydroxylation is 1. The Morgan fingerprint density at radius 2 is 2.29 bits per heavy atom. The van der Waals surface area contributed by atoms with Crippen molar-refractivity contribution >= 4 is 15.9 Å². The normalized spacial score (nSPS) is 12.6. The molecule has 0 bridgehead atoms. The lowest BCUT2D eigenvalue weighted by atomic mass is 10.2. The Hall–Kier alpha value is -0.610. The van der Waals surface area contributed by atoms with E-state index in [1.807, 2.05) is 6.92 Å². The average molecular weight is 263 g/mol. The van der Waals surface area contributed by atoms with E-state index in [2.05, 4.69) is 15.9 Å². The van der Waals surface area contributed by atoms with Gasteiger partial charge in [-0.05, 0) is 24.6 Å². The third-order valence-corrected chi connectivity index (χ3v) is 2.44. The second kappa shape index (κ2) is 5.32. The molecule has 0 amide bonds. The zero-order valence-electron chi connectivity index (χ0n) is 7.84. The van der Waals surface area contributed by atoms with Gasteiger partial charge in [-0.15, -0.1) is 0 Å². The largest absolute Gasteiger partial charge is 0.488 e. The molecule has 2 nitrogen and oxygen atoms in total. The fourth-order valence-electron chi connectivity index (χ4n) is 0.952. The van der Waals surface area contributed by atoms with Gasteiger partial charge in [0, 0.05) is 5.33 Å². The van der Waals surface area contributed by atoms with Gasteiger partial charge in [0.15, 0.2) is 11.6 Å². The summed E-state index contributed by atoms with van der Waals surface area (Å²) in [6, 6.07) is 4.63. The molecule has 14 heavy (non-hydrogen) atoms. The topological polar surface area (TPSA) is 29.5 Å². The highest BCUT2D eigenvalue weighted by atomic mass is 79.9. The van der Waals surface area contributed by atoms with Crippen LogP contribution in [0.5, 0.6) is 5.75 Å². The lowest BCUT2D eigenvalue weighted by Gasteiger charge is -2.10. The standard InChI is InChI=1S/C10H12BrFO2/c1-7-2-3-9(12)10(4-7)14-6-8(13)5-11/h2-4,8,13H,5-6H2,1H3. The number of alkyl halides is 1. The minimum absolute atomic E-state index is 0.0889. The van der Waals surface area contributed by atoms with E-state index in [0.717, 1.165) is 5.56 Å². The Kier molecular flexibility index (Phi) is 4.35. The van der Waals surface area contributed by atoms with Crippen molar-refractivity contribution in [2.75, 3.05) is 11.9 Å². The second-order valence-corrected chi connectivity index (χ2v) is 3.70. The van der Waals surface area contributed by atoms with Crippen molar-refractivity contribution in [2.24, 2.45) is 0 Å². The molecule has 0 heterocycles. The maximum atomic E-state index is 13.1. The van der Waals surface area contributed by atoms with E-state index in [1.165, 1.54) is 6.07 Å². The summed E-state index contributed by atoms with van der Waals surface area (Å²) in [6.45, 7) is 1.94. The van der Waals surface area contributed by atoms with Crippen LogP contribution in [-0.2, 0) is 0 Å². The molecule has 0 aliphatic rings. The Morgan fingerprint density at radius 1 is 1.57 bits per heavy atom. The maximum Gasteiger partial charge on any atom is 0.165 e. The van der Waals surface area contributed by atoms with Gasteiger partial charge in [0.05, 0.1) is 6.10 Å². The Labute approximate surface area is 90.8 Å². The molecule has 0 spiro atoms. The SMILES string of the molecule is Cc1ccc(F)c(OCC(O)CBr)c1. The highest BCUT2D eigenvalue weighted by molar-refractivity contribution is 9.09. The number of aliphatic hydroxyl groups excluding tert-OH is 1. The van der Waals surface area contributed by atoms with Crippen LogP contribution < -0.4 is 4.74 Å².